The van der Waals surface area contributed by atoms with Gasteiger partial charge in [0, 0.05) is 19.3 Å². The van der Waals surface area contributed by atoms with Gasteiger partial charge in [-0.15, -0.1) is 0 Å². The van der Waals surface area contributed by atoms with E-state index >= 15 is 0 Å². The lowest BCUT2D eigenvalue weighted by molar-refractivity contribution is -0.167. The highest BCUT2D eigenvalue weighted by Crippen LogP contribution is 2.16. The monoisotopic (exact) mass is 1050 g/mol. The van der Waals surface area contributed by atoms with E-state index in [0.29, 0.717) is 19.3 Å². The molecule has 0 bridgehead atoms. The lowest BCUT2D eigenvalue weighted by Crippen LogP contribution is -2.30. The van der Waals surface area contributed by atoms with Gasteiger partial charge in [0.2, 0.25) is 0 Å². The minimum Gasteiger partial charge on any atom is -0.462 e. The fourth-order valence-corrected chi connectivity index (χ4v) is 9.24. The Labute approximate surface area is 465 Å². The molecule has 75 heavy (non-hydrogen) atoms. The van der Waals surface area contributed by atoms with E-state index in [4.69, 9.17) is 14.2 Å². The van der Waals surface area contributed by atoms with Gasteiger partial charge in [0.1, 0.15) is 13.2 Å². The minimum absolute atomic E-state index is 0.0792. The molecular weight excluding hydrogens is 925 g/mol. The van der Waals surface area contributed by atoms with Gasteiger partial charge in [-0.05, 0) is 116 Å². The van der Waals surface area contributed by atoms with Crippen molar-refractivity contribution in [1.82, 2.24) is 0 Å². The lowest BCUT2D eigenvalue weighted by atomic mass is 10.1. The van der Waals surface area contributed by atoms with Crippen LogP contribution in [0.1, 0.15) is 329 Å². The Morgan fingerprint density at radius 3 is 0.733 bits per heavy atom. The molecule has 0 atom stereocenters. The van der Waals surface area contributed by atoms with Gasteiger partial charge >= 0.3 is 17.9 Å². The van der Waals surface area contributed by atoms with Gasteiger partial charge in [0.15, 0.2) is 6.10 Å². The number of rotatable bonds is 59. The maximum Gasteiger partial charge on any atom is 0.306 e. The van der Waals surface area contributed by atoms with Crippen LogP contribution in [0.2, 0.25) is 0 Å². The molecule has 0 heterocycles. The molecule has 6 heteroatoms. The van der Waals surface area contributed by atoms with E-state index in [1.54, 1.807) is 0 Å². The molecule has 0 aliphatic rings. The summed E-state index contributed by atoms with van der Waals surface area (Å²) in [5.41, 5.74) is 0. The number of carbonyl (C=O) groups is 3. The molecule has 0 aliphatic heterocycles. The Hall–Kier alpha value is -3.15. The highest BCUT2D eigenvalue weighted by molar-refractivity contribution is 5.71. The highest BCUT2D eigenvalue weighted by Gasteiger charge is 2.19. The molecule has 0 aromatic heterocycles. The summed E-state index contributed by atoms with van der Waals surface area (Å²) in [6, 6.07) is 0. The van der Waals surface area contributed by atoms with Crippen molar-refractivity contribution in [3.05, 3.63) is 72.9 Å². The van der Waals surface area contributed by atoms with Crippen molar-refractivity contribution >= 4 is 17.9 Å². The predicted octanol–water partition coefficient (Wildman–Crippen LogP) is 22.1. The molecule has 0 radical (unpaired) electrons. The fraction of sp³-hybridized carbons (Fsp3) is 0.783. The molecule has 0 unspecified atom stereocenters. The number of allylic oxidation sites excluding steroid dienone is 12. The molecule has 0 spiro atoms. The molecule has 0 aliphatic carbocycles. The molecule has 0 amide bonds. The minimum atomic E-state index is -0.783. The molecule has 0 aromatic rings. The molecule has 0 rings (SSSR count). The van der Waals surface area contributed by atoms with Crippen LogP contribution in [-0.2, 0) is 28.6 Å². The van der Waals surface area contributed by atoms with Crippen LogP contribution in [0.3, 0.4) is 0 Å². The SMILES string of the molecule is CCCCCC=CCC=CCCCCCCCCCCCC(=O)OCC(COC(=O)CCCCCCCCCCCC=CCC=CCCCCC)OC(=O)CCCCCCCCCCCC=CCC=CCCCCC. The van der Waals surface area contributed by atoms with Gasteiger partial charge in [-0.25, -0.2) is 0 Å². The molecule has 0 N–H and O–H groups in total. The van der Waals surface area contributed by atoms with E-state index in [9.17, 15) is 14.4 Å². The largest absolute Gasteiger partial charge is 0.462 e. The first-order valence-electron chi connectivity index (χ1n) is 32.4. The van der Waals surface area contributed by atoms with Crippen LogP contribution in [0.4, 0.5) is 0 Å². The Balaban J connectivity index is 4.38. The first kappa shape index (κ1) is 71.8. The standard InChI is InChI=1S/C69H122O6/c1-4-7-10-13-16-19-22-25-28-31-34-37-40-43-46-49-52-55-58-61-67(70)73-64-66(75-69(72)63-60-57-54-51-48-45-42-39-36-33-30-27-24-21-18-15-12-9-6-3)65-74-68(71)62-59-56-53-50-47-44-41-38-35-32-29-26-23-20-17-14-11-8-5-2/h16-21,25-30,66H,4-15,22-24,31-65H2,1-3H3. The van der Waals surface area contributed by atoms with Crippen molar-refractivity contribution in [2.75, 3.05) is 13.2 Å². The zero-order chi connectivity index (χ0) is 54.3. The molecule has 0 aromatic carbocycles. The lowest BCUT2D eigenvalue weighted by Gasteiger charge is -2.18. The van der Waals surface area contributed by atoms with Crippen molar-refractivity contribution < 1.29 is 28.6 Å². The van der Waals surface area contributed by atoms with Crippen molar-refractivity contribution in [2.24, 2.45) is 0 Å². The molecule has 6 nitrogen and oxygen atoms in total. The third kappa shape index (κ3) is 61.6. The van der Waals surface area contributed by atoms with Gasteiger partial charge in [0.25, 0.3) is 0 Å². The van der Waals surface area contributed by atoms with E-state index in [0.717, 1.165) is 77.0 Å². The summed E-state index contributed by atoms with van der Waals surface area (Å²) in [7, 11) is 0. The summed E-state index contributed by atoms with van der Waals surface area (Å²) < 4.78 is 17.0. The van der Waals surface area contributed by atoms with Crippen molar-refractivity contribution in [3.63, 3.8) is 0 Å². The molecular formula is C69H122O6. The number of hydrogen-bond acceptors (Lipinski definition) is 6. The summed E-state index contributed by atoms with van der Waals surface area (Å²) in [5, 5.41) is 0. The Kier molecular flexibility index (Phi) is 60.7. The van der Waals surface area contributed by atoms with E-state index in [1.807, 2.05) is 0 Å². The van der Waals surface area contributed by atoms with Crippen LogP contribution in [0.15, 0.2) is 72.9 Å². The third-order valence-electron chi connectivity index (χ3n) is 14.2. The Bertz CT molecular complexity index is 1320. The topological polar surface area (TPSA) is 78.9 Å². The summed E-state index contributed by atoms with van der Waals surface area (Å²) >= 11 is 0. The maximum atomic E-state index is 12.9. The van der Waals surface area contributed by atoms with Crippen LogP contribution in [0.25, 0.3) is 0 Å². The summed E-state index contributed by atoms with van der Waals surface area (Å²) in [5.74, 6) is -0.876. The molecule has 0 fully saturated rings. The van der Waals surface area contributed by atoms with Crippen LogP contribution in [0, 0.1) is 0 Å². The second kappa shape index (κ2) is 63.4. The van der Waals surface area contributed by atoms with E-state index in [2.05, 4.69) is 93.7 Å². The predicted molar refractivity (Wildman–Crippen MR) is 325 cm³/mol. The van der Waals surface area contributed by atoms with Crippen LogP contribution in [0.5, 0.6) is 0 Å². The Morgan fingerprint density at radius 2 is 0.480 bits per heavy atom. The molecule has 434 valence electrons. The number of unbranched alkanes of at least 4 members (excludes halogenated alkanes) is 36. The average Bonchev–Trinajstić information content (AvgIpc) is 3.41. The van der Waals surface area contributed by atoms with Crippen molar-refractivity contribution in [3.8, 4) is 0 Å². The van der Waals surface area contributed by atoms with Crippen LogP contribution >= 0.6 is 0 Å². The Morgan fingerprint density at radius 1 is 0.267 bits per heavy atom. The highest BCUT2D eigenvalue weighted by atomic mass is 16.6. The number of esters is 3. The summed E-state index contributed by atoms with van der Waals surface area (Å²) in [6.07, 6.45) is 81.8. The van der Waals surface area contributed by atoms with E-state index in [-0.39, 0.29) is 31.1 Å². The first-order valence-corrected chi connectivity index (χ1v) is 32.4. The van der Waals surface area contributed by atoms with Crippen LogP contribution < -0.4 is 0 Å². The van der Waals surface area contributed by atoms with Gasteiger partial charge < -0.3 is 14.2 Å². The quantitative estimate of drug-likeness (QED) is 0.0261. The van der Waals surface area contributed by atoms with Crippen molar-refractivity contribution in [1.29, 1.82) is 0 Å². The zero-order valence-electron chi connectivity index (χ0n) is 49.8. The summed E-state index contributed by atoms with van der Waals surface area (Å²) in [4.78, 5) is 38.4. The van der Waals surface area contributed by atoms with Gasteiger partial charge in [-0.3, -0.25) is 14.4 Å². The number of ether oxygens (including phenoxy) is 3. The smallest absolute Gasteiger partial charge is 0.306 e. The number of carbonyl (C=O) groups excluding carboxylic acids is 3. The molecule has 0 saturated carbocycles. The van der Waals surface area contributed by atoms with Gasteiger partial charge in [-0.1, -0.05) is 267 Å². The fourth-order valence-electron chi connectivity index (χ4n) is 9.24. The third-order valence-corrected chi connectivity index (χ3v) is 14.2. The molecule has 0 saturated heterocycles. The van der Waals surface area contributed by atoms with E-state index in [1.165, 1.54) is 212 Å². The van der Waals surface area contributed by atoms with Crippen molar-refractivity contribution in [2.45, 2.75) is 335 Å². The van der Waals surface area contributed by atoms with Gasteiger partial charge in [-0.2, -0.15) is 0 Å². The number of hydrogen-bond donors (Lipinski definition) is 0. The maximum absolute atomic E-state index is 12.9. The normalized spacial score (nSPS) is 12.5. The van der Waals surface area contributed by atoms with E-state index < -0.39 is 6.10 Å². The first-order chi connectivity index (χ1) is 37.0. The zero-order valence-corrected chi connectivity index (χ0v) is 49.8. The average molecular weight is 1050 g/mol. The van der Waals surface area contributed by atoms with Gasteiger partial charge in [0.05, 0.1) is 0 Å². The van der Waals surface area contributed by atoms with Crippen LogP contribution in [-0.4, -0.2) is 37.2 Å². The second-order valence-electron chi connectivity index (χ2n) is 21.7. The summed E-state index contributed by atoms with van der Waals surface area (Å²) in [6.45, 7) is 6.60. The second-order valence-corrected chi connectivity index (χ2v) is 21.7.